The largest absolute Gasteiger partial charge is 0.365 e. The molecule has 0 spiro atoms. The zero-order chi connectivity index (χ0) is 10.6. The molecule has 0 amide bonds. The van der Waals surface area contributed by atoms with E-state index in [2.05, 4.69) is 0 Å². The summed E-state index contributed by atoms with van der Waals surface area (Å²) in [5.74, 6) is 0.112. The first-order chi connectivity index (χ1) is 6.59. The van der Waals surface area contributed by atoms with Crippen molar-refractivity contribution in [1.82, 2.24) is 0 Å². The number of hydrogen-bond donors (Lipinski definition) is 2. The monoisotopic (exact) mass is 201 g/mol. The highest BCUT2D eigenvalue weighted by Gasteiger charge is 2.28. The summed E-state index contributed by atoms with van der Waals surface area (Å²) in [7, 11) is 0. The molecule has 0 aromatic heterocycles. The highest BCUT2D eigenvalue weighted by Crippen LogP contribution is 2.26. The molecule has 2 N–H and O–H groups in total. The van der Waals surface area contributed by atoms with E-state index in [1.165, 1.54) is 6.08 Å². The van der Waals surface area contributed by atoms with Gasteiger partial charge in [0.1, 0.15) is 0 Å². The molecule has 0 aromatic rings. The maximum atomic E-state index is 10.5. The van der Waals surface area contributed by atoms with Gasteiger partial charge >= 0.3 is 0 Å². The van der Waals surface area contributed by atoms with Gasteiger partial charge in [-0.15, -0.1) is 0 Å². The Morgan fingerprint density at radius 2 is 2.14 bits per heavy atom. The molecule has 14 heavy (non-hydrogen) atoms. The topological polar surface area (TPSA) is 83.6 Å². The quantitative estimate of drug-likeness (QED) is 0.304. The molecule has 5 heteroatoms. The van der Waals surface area contributed by atoms with Gasteiger partial charge in [0.2, 0.25) is 6.04 Å². The normalized spacial score (nSPS) is 28.5. The van der Waals surface area contributed by atoms with Crippen LogP contribution in [0.2, 0.25) is 0 Å². The molecule has 1 fully saturated rings. The Morgan fingerprint density at radius 1 is 1.43 bits per heavy atom. The minimum absolute atomic E-state index is 0.112. The molecule has 0 aromatic carbocycles. The molecule has 1 saturated carbocycles. The molecule has 1 aliphatic rings. The van der Waals surface area contributed by atoms with E-state index >= 15 is 0 Å². The summed E-state index contributed by atoms with van der Waals surface area (Å²) in [4.78, 5) is 10.3. The van der Waals surface area contributed by atoms with E-state index in [1.807, 2.05) is 0 Å². The van der Waals surface area contributed by atoms with E-state index < -0.39 is 12.3 Å². The number of aliphatic hydroxyl groups is 2. The molecular formula is C9H15NO4. The highest BCUT2D eigenvalue weighted by atomic mass is 16.6. The molecule has 0 aliphatic heterocycles. The third kappa shape index (κ3) is 3.43. The number of rotatable bonds is 3. The molecule has 2 unspecified atom stereocenters. The van der Waals surface area contributed by atoms with Crippen LogP contribution in [0.3, 0.4) is 0 Å². The van der Waals surface area contributed by atoms with Crippen molar-refractivity contribution in [3.05, 3.63) is 22.3 Å². The molecular weight excluding hydrogens is 186 g/mol. The van der Waals surface area contributed by atoms with Crippen LogP contribution in [0.15, 0.2) is 12.2 Å². The van der Waals surface area contributed by atoms with Crippen LogP contribution >= 0.6 is 0 Å². The molecule has 2 atom stereocenters. The average molecular weight is 201 g/mol. The number of aliphatic hydroxyl groups excluding tert-OH is 1. The molecule has 0 saturated heterocycles. The van der Waals surface area contributed by atoms with E-state index in [9.17, 15) is 10.1 Å². The number of nitro groups is 1. The molecule has 0 heterocycles. The lowest BCUT2D eigenvalue weighted by molar-refractivity contribution is -0.527. The van der Waals surface area contributed by atoms with Crippen LogP contribution in [0.4, 0.5) is 0 Å². The van der Waals surface area contributed by atoms with E-state index in [4.69, 9.17) is 10.2 Å². The van der Waals surface area contributed by atoms with Crippen LogP contribution in [0.5, 0.6) is 0 Å². The van der Waals surface area contributed by atoms with Crippen molar-refractivity contribution in [1.29, 1.82) is 0 Å². The van der Waals surface area contributed by atoms with Crippen LogP contribution in [0, 0.1) is 16.0 Å². The summed E-state index contributed by atoms with van der Waals surface area (Å²) < 4.78 is 0. The van der Waals surface area contributed by atoms with Gasteiger partial charge in [0.15, 0.2) is 6.29 Å². The molecule has 5 nitrogen and oxygen atoms in total. The lowest BCUT2D eigenvalue weighted by atomic mass is 9.86. The minimum Gasteiger partial charge on any atom is -0.365 e. The second-order valence-corrected chi connectivity index (χ2v) is 3.66. The first-order valence-corrected chi connectivity index (χ1v) is 4.77. The van der Waals surface area contributed by atoms with Gasteiger partial charge in [-0.1, -0.05) is 6.08 Å². The van der Waals surface area contributed by atoms with Crippen molar-refractivity contribution in [2.24, 2.45) is 5.92 Å². The van der Waals surface area contributed by atoms with Crippen molar-refractivity contribution in [2.75, 3.05) is 0 Å². The predicted molar refractivity (Wildman–Crippen MR) is 50.1 cm³/mol. The van der Waals surface area contributed by atoms with Crippen LogP contribution in [-0.4, -0.2) is 27.5 Å². The molecule has 1 rings (SSSR count). The van der Waals surface area contributed by atoms with Gasteiger partial charge in [0.25, 0.3) is 0 Å². The summed E-state index contributed by atoms with van der Waals surface area (Å²) in [6, 6.07) is -0.464. The first-order valence-electron chi connectivity index (χ1n) is 4.77. The van der Waals surface area contributed by atoms with E-state index in [-0.39, 0.29) is 10.8 Å². The molecule has 0 bridgehead atoms. The van der Waals surface area contributed by atoms with Crippen molar-refractivity contribution in [3.8, 4) is 0 Å². The van der Waals surface area contributed by atoms with Crippen LogP contribution in [0.1, 0.15) is 25.7 Å². The SMILES string of the molecule is O=[N+]([O-])C1CCCC(/C=C/C(O)O)C1. The zero-order valence-corrected chi connectivity index (χ0v) is 7.87. The third-order valence-corrected chi connectivity index (χ3v) is 2.54. The number of allylic oxidation sites excluding steroid dienone is 1. The van der Waals surface area contributed by atoms with E-state index in [0.717, 1.165) is 12.8 Å². The summed E-state index contributed by atoms with van der Waals surface area (Å²) >= 11 is 0. The van der Waals surface area contributed by atoms with Gasteiger partial charge in [-0.3, -0.25) is 10.1 Å². The van der Waals surface area contributed by atoms with Gasteiger partial charge in [-0.05, 0) is 24.8 Å². The second kappa shape index (κ2) is 5.07. The van der Waals surface area contributed by atoms with Gasteiger partial charge in [-0.25, -0.2) is 0 Å². The van der Waals surface area contributed by atoms with Crippen LogP contribution < -0.4 is 0 Å². The standard InChI is InChI=1S/C9H15NO4/c11-9(12)5-4-7-2-1-3-8(6-7)10(13)14/h4-5,7-9,11-12H,1-3,6H2/b5-4+. The van der Waals surface area contributed by atoms with Crippen molar-refractivity contribution in [2.45, 2.75) is 38.0 Å². The molecule has 0 radical (unpaired) electrons. The Balaban J connectivity index is 2.44. The fraction of sp³-hybridized carbons (Fsp3) is 0.778. The van der Waals surface area contributed by atoms with E-state index in [1.54, 1.807) is 6.08 Å². The Morgan fingerprint density at radius 3 is 2.71 bits per heavy atom. The van der Waals surface area contributed by atoms with Crippen molar-refractivity contribution >= 4 is 0 Å². The van der Waals surface area contributed by atoms with Crippen molar-refractivity contribution in [3.63, 3.8) is 0 Å². The van der Waals surface area contributed by atoms with Crippen molar-refractivity contribution < 1.29 is 15.1 Å². The van der Waals surface area contributed by atoms with E-state index in [0.29, 0.717) is 12.8 Å². The average Bonchev–Trinajstić information content (AvgIpc) is 2.15. The summed E-state index contributed by atoms with van der Waals surface area (Å²) in [5.41, 5.74) is 0. The molecule has 1 aliphatic carbocycles. The highest BCUT2D eigenvalue weighted by molar-refractivity contribution is 4.92. The smallest absolute Gasteiger partial charge is 0.213 e. The number of nitrogens with zero attached hydrogens (tertiary/aromatic N) is 1. The maximum absolute atomic E-state index is 10.5. The second-order valence-electron chi connectivity index (χ2n) is 3.66. The predicted octanol–water partition coefficient (Wildman–Crippen LogP) is 0.689. The maximum Gasteiger partial charge on any atom is 0.213 e. The summed E-state index contributed by atoms with van der Waals surface area (Å²) in [5, 5.41) is 27.7. The Kier molecular flexibility index (Phi) is 4.03. The van der Waals surface area contributed by atoms with Gasteiger partial charge in [0, 0.05) is 17.8 Å². The molecule has 80 valence electrons. The Labute approximate surface area is 82.2 Å². The minimum atomic E-state index is -1.45. The fourth-order valence-electron chi connectivity index (χ4n) is 1.82. The summed E-state index contributed by atoms with van der Waals surface area (Å²) in [6.07, 6.45) is 4.36. The lowest BCUT2D eigenvalue weighted by Crippen LogP contribution is -2.26. The van der Waals surface area contributed by atoms with Gasteiger partial charge < -0.3 is 10.2 Å². The lowest BCUT2D eigenvalue weighted by Gasteiger charge is -2.21. The summed E-state index contributed by atoms with van der Waals surface area (Å²) in [6.45, 7) is 0. The van der Waals surface area contributed by atoms with Gasteiger partial charge in [-0.2, -0.15) is 0 Å². The first kappa shape index (κ1) is 11.1. The number of hydrogen-bond acceptors (Lipinski definition) is 4. The van der Waals surface area contributed by atoms with Gasteiger partial charge in [0.05, 0.1) is 0 Å². The van der Waals surface area contributed by atoms with Crippen LogP contribution in [-0.2, 0) is 0 Å². The zero-order valence-electron chi connectivity index (χ0n) is 7.87. The fourth-order valence-corrected chi connectivity index (χ4v) is 1.82. The Hall–Kier alpha value is -0.940. The van der Waals surface area contributed by atoms with Crippen LogP contribution in [0.25, 0.3) is 0 Å². The Bertz CT molecular complexity index is 227. The third-order valence-electron chi connectivity index (χ3n) is 2.54.